The van der Waals surface area contributed by atoms with Gasteiger partial charge in [-0.05, 0) is 38.2 Å². The number of fused-ring (bicyclic) bond motifs is 1. The van der Waals surface area contributed by atoms with Gasteiger partial charge in [0.25, 0.3) is 0 Å². The van der Waals surface area contributed by atoms with Crippen LogP contribution in [0.4, 0.5) is 5.00 Å². The summed E-state index contributed by atoms with van der Waals surface area (Å²) >= 11 is 2.90. The maximum Gasteiger partial charge on any atom is 0.235 e. The highest BCUT2D eigenvalue weighted by Gasteiger charge is 2.21. The first kappa shape index (κ1) is 23.3. The number of nitriles is 1. The second-order valence-electron chi connectivity index (χ2n) is 8.14. The van der Waals surface area contributed by atoms with Crippen molar-refractivity contribution in [1.29, 1.82) is 5.26 Å². The number of carbonyl (C=O) groups is 1. The van der Waals surface area contributed by atoms with E-state index in [0.717, 1.165) is 42.6 Å². The van der Waals surface area contributed by atoms with Gasteiger partial charge in [-0.1, -0.05) is 60.5 Å². The fourth-order valence-corrected chi connectivity index (χ4v) is 6.03. The van der Waals surface area contributed by atoms with E-state index in [2.05, 4.69) is 28.2 Å². The Hall–Kier alpha value is -2.89. The zero-order valence-corrected chi connectivity index (χ0v) is 20.4. The molecule has 8 heteroatoms. The van der Waals surface area contributed by atoms with E-state index in [1.165, 1.54) is 35.0 Å². The van der Waals surface area contributed by atoms with Gasteiger partial charge < -0.3 is 5.32 Å². The zero-order chi connectivity index (χ0) is 23.2. The maximum absolute atomic E-state index is 12.8. The van der Waals surface area contributed by atoms with E-state index in [4.69, 9.17) is 0 Å². The summed E-state index contributed by atoms with van der Waals surface area (Å²) < 4.78 is 1.97. The van der Waals surface area contributed by atoms with Gasteiger partial charge in [0, 0.05) is 17.0 Å². The molecule has 0 unspecified atom stereocenters. The largest absolute Gasteiger partial charge is 0.316 e. The molecule has 0 spiro atoms. The van der Waals surface area contributed by atoms with Crippen LogP contribution in [-0.4, -0.2) is 26.4 Å². The van der Waals surface area contributed by atoms with Crippen LogP contribution in [0.2, 0.25) is 0 Å². The molecule has 0 radical (unpaired) electrons. The van der Waals surface area contributed by atoms with Gasteiger partial charge in [0.05, 0.1) is 11.3 Å². The molecule has 1 N–H and O–H groups in total. The number of nitrogens with one attached hydrogen (secondary N) is 1. The van der Waals surface area contributed by atoms with Crippen molar-refractivity contribution in [1.82, 2.24) is 14.8 Å². The molecule has 6 nitrogen and oxygen atoms in total. The number of thiophene rings is 1. The van der Waals surface area contributed by atoms with Crippen molar-refractivity contribution >= 4 is 34.0 Å². The lowest BCUT2D eigenvalue weighted by atomic mass is 9.97. The Morgan fingerprint density at radius 3 is 2.73 bits per heavy atom. The third-order valence-corrected chi connectivity index (χ3v) is 7.88. The van der Waals surface area contributed by atoms with Crippen LogP contribution in [0.15, 0.2) is 42.1 Å². The van der Waals surface area contributed by atoms with E-state index < -0.39 is 0 Å². The van der Waals surface area contributed by atoms with E-state index in [-0.39, 0.29) is 11.7 Å². The Morgan fingerprint density at radius 1 is 1.24 bits per heavy atom. The van der Waals surface area contributed by atoms with E-state index in [9.17, 15) is 10.1 Å². The maximum atomic E-state index is 12.8. The summed E-state index contributed by atoms with van der Waals surface area (Å²) in [6.07, 6.45) is 8.39. The SMILES string of the molecule is C=CCn1c(SCC(=O)Nc2sc3c(c2C#N)CCCCCC3)nnc1-c1ccc(C)cc1. The lowest BCUT2D eigenvalue weighted by Gasteiger charge is -2.09. The molecule has 1 aliphatic carbocycles. The molecule has 0 bridgehead atoms. The van der Waals surface area contributed by atoms with Crippen LogP contribution in [0.3, 0.4) is 0 Å². The van der Waals surface area contributed by atoms with Crippen LogP contribution < -0.4 is 5.32 Å². The molecular formula is C25H27N5OS2. The second kappa shape index (κ2) is 10.8. The number of hydrogen-bond acceptors (Lipinski definition) is 6. The van der Waals surface area contributed by atoms with Crippen molar-refractivity contribution < 1.29 is 4.79 Å². The predicted molar refractivity (Wildman–Crippen MR) is 135 cm³/mol. The number of hydrogen-bond donors (Lipinski definition) is 1. The topological polar surface area (TPSA) is 83.6 Å². The minimum Gasteiger partial charge on any atom is -0.316 e. The average molecular weight is 478 g/mol. The van der Waals surface area contributed by atoms with Crippen LogP contribution in [0.25, 0.3) is 11.4 Å². The summed E-state index contributed by atoms with van der Waals surface area (Å²) in [5.41, 5.74) is 3.93. The van der Waals surface area contributed by atoms with Crippen LogP contribution in [-0.2, 0) is 24.2 Å². The van der Waals surface area contributed by atoms with Crippen LogP contribution in [0, 0.1) is 18.3 Å². The first-order valence-corrected chi connectivity index (χ1v) is 13.0. The van der Waals surface area contributed by atoms with Gasteiger partial charge in [0.15, 0.2) is 11.0 Å². The lowest BCUT2D eigenvalue weighted by Crippen LogP contribution is -2.14. The van der Waals surface area contributed by atoms with Crippen molar-refractivity contribution in [2.45, 2.75) is 57.1 Å². The van der Waals surface area contributed by atoms with Gasteiger partial charge >= 0.3 is 0 Å². The van der Waals surface area contributed by atoms with Gasteiger partial charge in [-0.3, -0.25) is 9.36 Å². The summed E-state index contributed by atoms with van der Waals surface area (Å²) in [6, 6.07) is 10.5. The summed E-state index contributed by atoms with van der Waals surface area (Å²) in [6.45, 7) is 6.44. The van der Waals surface area contributed by atoms with E-state index in [1.807, 2.05) is 35.8 Å². The van der Waals surface area contributed by atoms with Gasteiger partial charge in [-0.25, -0.2) is 0 Å². The Labute approximate surface area is 202 Å². The molecule has 1 aromatic carbocycles. The van der Waals surface area contributed by atoms with Crippen molar-refractivity contribution in [3.63, 3.8) is 0 Å². The molecule has 0 saturated heterocycles. The van der Waals surface area contributed by atoms with Gasteiger partial charge in [-0.15, -0.1) is 28.1 Å². The average Bonchev–Trinajstić information content (AvgIpc) is 3.33. The van der Waals surface area contributed by atoms with Gasteiger partial charge in [0.2, 0.25) is 5.91 Å². The molecule has 0 atom stereocenters. The monoisotopic (exact) mass is 477 g/mol. The standard InChI is InChI=1S/C25H27N5OS2/c1-3-14-30-23(18-12-10-17(2)11-13-18)28-29-25(30)32-16-22(31)27-24-20(15-26)19-8-6-4-5-7-9-21(19)33-24/h3,10-13H,1,4-9,14,16H2,2H3,(H,27,31). The summed E-state index contributed by atoms with van der Waals surface area (Å²) in [7, 11) is 0. The number of anilines is 1. The number of aryl methyl sites for hydroxylation is 2. The van der Waals surface area contributed by atoms with Crippen LogP contribution >= 0.6 is 23.1 Å². The van der Waals surface area contributed by atoms with Gasteiger partial charge in [-0.2, -0.15) is 5.26 Å². The minimum atomic E-state index is -0.143. The molecule has 1 aliphatic rings. The Morgan fingerprint density at radius 2 is 2.00 bits per heavy atom. The number of nitrogens with zero attached hydrogens (tertiary/aromatic N) is 4. The number of thioether (sulfide) groups is 1. The molecular weight excluding hydrogens is 450 g/mol. The van der Waals surface area contributed by atoms with Crippen molar-refractivity contribution in [3.8, 4) is 17.5 Å². The fraction of sp³-hybridized carbons (Fsp3) is 0.360. The molecule has 2 aromatic heterocycles. The third kappa shape index (κ3) is 5.37. The van der Waals surface area contributed by atoms with E-state index in [0.29, 0.717) is 22.3 Å². The van der Waals surface area contributed by atoms with Crippen molar-refractivity contribution in [2.24, 2.45) is 0 Å². The molecule has 2 heterocycles. The number of benzene rings is 1. The Kier molecular flexibility index (Phi) is 7.63. The molecule has 170 valence electrons. The highest BCUT2D eigenvalue weighted by Crippen LogP contribution is 2.36. The second-order valence-corrected chi connectivity index (χ2v) is 10.2. The van der Waals surface area contributed by atoms with Crippen molar-refractivity contribution in [2.75, 3.05) is 11.1 Å². The third-order valence-electron chi connectivity index (χ3n) is 5.71. The predicted octanol–water partition coefficient (Wildman–Crippen LogP) is 5.76. The molecule has 0 fully saturated rings. The lowest BCUT2D eigenvalue weighted by molar-refractivity contribution is -0.113. The highest BCUT2D eigenvalue weighted by molar-refractivity contribution is 7.99. The van der Waals surface area contributed by atoms with Gasteiger partial charge in [0.1, 0.15) is 11.1 Å². The first-order valence-electron chi connectivity index (χ1n) is 11.2. The molecule has 33 heavy (non-hydrogen) atoms. The summed E-state index contributed by atoms with van der Waals surface area (Å²) in [5.74, 6) is 0.801. The smallest absolute Gasteiger partial charge is 0.235 e. The van der Waals surface area contributed by atoms with E-state index in [1.54, 1.807) is 17.4 Å². The number of carbonyl (C=O) groups excluding carboxylic acids is 1. The van der Waals surface area contributed by atoms with E-state index >= 15 is 0 Å². The normalized spacial score (nSPS) is 13.5. The summed E-state index contributed by atoms with van der Waals surface area (Å²) in [5, 5.41) is 22.7. The Balaban J connectivity index is 1.47. The highest BCUT2D eigenvalue weighted by atomic mass is 32.2. The molecule has 1 amide bonds. The van der Waals surface area contributed by atoms with Crippen molar-refractivity contribution in [3.05, 3.63) is 58.5 Å². The number of aromatic nitrogens is 3. The fourth-order valence-electron chi connectivity index (χ4n) is 4.02. The first-order chi connectivity index (χ1) is 16.1. The number of amides is 1. The van der Waals surface area contributed by atoms with Crippen LogP contribution in [0.1, 0.15) is 47.3 Å². The quantitative estimate of drug-likeness (QED) is 0.345. The Bertz CT molecular complexity index is 1190. The zero-order valence-electron chi connectivity index (χ0n) is 18.8. The molecule has 0 aliphatic heterocycles. The molecule has 4 rings (SSSR count). The summed E-state index contributed by atoms with van der Waals surface area (Å²) in [4.78, 5) is 14.0. The molecule has 0 saturated carbocycles. The molecule has 3 aromatic rings. The van der Waals surface area contributed by atoms with Crippen LogP contribution in [0.5, 0.6) is 0 Å². The number of rotatable bonds is 7. The number of allylic oxidation sites excluding steroid dienone is 1. The minimum absolute atomic E-state index is 0.143.